The molecule has 0 aliphatic heterocycles. The summed E-state index contributed by atoms with van der Waals surface area (Å²) in [7, 11) is 0. The molecule has 0 saturated heterocycles. The lowest BCUT2D eigenvalue weighted by Gasteiger charge is -2.03. The largest absolute Gasteiger partial charge is 0.506 e. The number of rotatable bonds is 2. The van der Waals surface area contributed by atoms with Gasteiger partial charge < -0.3 is 16.6 Å². The third kappa shape index (κ3) is 1.79. The van der Waals surface area contributed by atoms with Gasteiger partial charge in [0.1, 0.15) is 5.75 Å². The van der Waals surface area contributed by atoms with Crippen LogP contribution in [-0.2, 0) is 4.79 Å². The van der Waals surface area contributed by atoms with Gasteiger partial charge in [-0.2, -0.15) is 0 Å². The molecule has 0 radical (unpaired) electrons. The predicted octanol–water partition coefficient (Wildman–Crippen LogP) is 0.473. The fourth-order valence-corrected chi connectivity index (χ4v) is 0.884. The summed E-state index contributed by atoms with van der Waals surface area (Å²) < 4.78 is 0. The lowest BCUT2D eigenvalue weighted by atomic mass is 10.1. The third-order valence-electron chi connectivity index (χ3n) is 1.67. The molecule has 1 rings (SSSR count). The van der Waals surface area contributed by atoms with Crippen molar-refractivity contribution >= 4 is 17.2 Å². The molecule has 0 saturated carbocycles. The first kappa shape index (κ1) is 9.12. The Kier molecular flexibility index (Phi) is 2.23. The second-order valence-corrected chi connectivity index (χ2v) is 2.62. The summed E-state index contributed by atoms with van der Waals surface area (Å²) in [5, 5.41) is 9.09. The summed E-state index contributed by atoms with van der Waals surface area (Å²) in [5.41, 5.74) is 11.3. The maximum Gasteiger partial charge on any atom is 0.248 e. The van der Waals surface area contributed by atoms with Crippen LogP contribution in [0, 0.1) is 0 Å². The van der Waals surface area contributed by atoms with Gasteiger partial charge in [-0.05, 0) is 17.7 Å². The Hall–Kier alpha value is -1.97. The van der Waals surface area contributed by atoms with Crippen molar-refractivity contribution in [2.75, 3.05) is 5.73 Å². The number of carbonyl (C=O) groups is 1. The average Bonchev–Trinajstić information content (AvgIpc) is 2.08. The summed E-state index contributed by atoms with van der Waals surface area (Å²) in [4.78, 5) is 10.7. The number of benzene rings is 1. The van der Waals surface area contributed by atoms with Gasteiger partial charge in [0, 0.05) is 5.57 Å². The number of anilines is 1. The first-order chi connectivity index (χ1) is 6.02. The summed E-state index contributed by atoms with van der Waals surface area (Å²) in [6, 6.07) is 4.36. The lowest BCUT2D eigenvalue weighted by Crippen LogP contribution is -2.11. The molecule has 0 aliphatic rings. The van der Waals surface area contributed by atoms with Gasteiger partial charge in [0.2, 0.25) is 5.91 Å². The molecule has 0 spiro atoms. The molecule has 0 aromatic heterocycles. The van der Waals surface area contributed by atoms with Gasteiger partial charge >= 0.3 is 0 Å². The standard InChI is InChI=1S/C9H10N2O2/c1-5(9(11)13)6-2-3-8(12)7(10)4-6/h2-4,12H,1,10H2,(H2,11,13). The first-order valence-electron chi connectivity index (χ1n) is 3.60. The number of phenols is 1. The summed E-state index contributed by atoms with van der Waals surface area (Å²) in [6.45, 7) is 3.48. The van der Waals surface area contributed by atoms with Crippen molar-refractivity contribution in [3.8, 4) is 5.75 Å². The highest BCUT2D eigenvalue weighted by Gasteiger charge is 2.06. The second kappa shape index (κ2) is 3.18. The Labute approximate surface area is 75.5 Å². The SMILES string of the molecule is C=C(C(N)=O)c1ccc(O)c(N)c1. The van der Waals surface area contributed by atoms with E-state index in [0.717, 1.165) is 0 Å². The molecule has 0 fully saturated rings. The van der Waals surface area contributed by atoms with E-state index in [1.807, 2.05) is 0 Å². The van der Waals surface area contributed by atoms with Crippen LogP contribution in [-0.4, -0.2) is 11.0 Å². The van der Waals surface area contributed by atoms with E-state index in [9.17, 15) is 4.79 Å². The van der Waals surface area contributed by atoms with Crippen LogP contribution in [0.3, 0.4) is 0 Å². The zero-order chi connectivity index (χ0) is 10.0. The van der Waals surface area contributed by atoms with E-state index >= 15 is 0 Å². The smallest absolute Gasteiger partial charge is 0.248 e. The maximum absolute atomic E-state index is 10.7. The summed E-state index contributed by atoms with van der Waals surface area (Å²) >= 11 is 0. The van der Waals surface area contributed by atoms with Crippen LogP contribution in [0.1, 0.15) is 5.56 Å². The Morgan fingerprint density at radius 1 is 1.46 bits per heavy atom. The van der Waals surface area contributed by atoms with Crippen molar-refractivity contribution in [2.24, 2.45) is 5.73 Å². The van der Waals surface area contributed by atoms with Gasteiger partial charge in [0.05, 0.1) is 5.69 Å². The van der Waals surface area contributed by atoms with E-state index < -0.39 is 5.91 Å². The van der Waals surface area contributed by atoms with E-state index in [2.05, 4.69) is 6.58 Å². The molecule has 4 nitrogen and oxygen atoms in total. The minimum absolute atomic E-state index is 0.0268. The Morgan fingerprint density at radius 2 is 2.08 bits per heavy atom. The summed E-state index contributed by atoms with van der Waals surface area (Å²) in [6.07, 6.45) is 0. The van der Waals surface area contributed by atoms with Crippen molar-refractivity contribution in [3.63, 3.8) is 0 Å². The van der Waals surface area contributed by atoms with Gasteiger partial charge in [0.25, 0.3) is 0 Å². The molecule has 5 N–H and O–H groups in total. The number of hydrogen-bond donors (Lipinski definition) is 3. The van der Waals surface area contributed by atoms with Crippen LogP contribution >= 0.6 is 0 Å². The van der Waals surface area contributed by atoms with Crippen LogP contribution in [0.4, 0.5) is 5.69 Å². The second-order valence-electron chi connectivity index (χ2n) is 2.62. The van der Waals surface area contributed by atoms with Crippen molar-refractivity contribution in [1.29, 1.82) is 0 Å². The minimum Gasteiger partial charge on any atom is -0.506 e. The topological polar surface area (TPSA) is 89.3 Å². The van der Waals surface area contributed by atoms with E-state index in [1.165, 1.54) is 18.2 Å². The number of nitrogen functional groups attached to an aromatic ring is 1. The molecule has 1 aromatic carbocycles. The molecule has 13 heavy (non-hydrogen) atoms. The monoisotopic (exact) mass is 178 g/mol. The van der Waals surface area contributed by atoms with Gasteiger partial charge in [-0.15, -0.1) is 0 Å². The van der Waals surface area contributed by atoms with E-state index in [0.29, 0.717) is 5.56 Å². The zero-order valence-electron chi connectivity index (χ0n) is 6.95. The highest BCUT2D eigenvalue weighted by Crippen LogP contribution is 2.23. The van der Waals surface area contributed by atoms with E-state index in [1.54, 1.807) is 0 Å². The van der Waals surface area contributed by atoms with Gasteiger partial charge in [-0.3, -0.25) is 4.79 Å². The predicted molar refractivity (Wildman–Crippen MR) is 50.7 cm³/mol. The van der Waals surface area contributed by atoms with Crippen molar-refractivity contribution in [3.05, 3.63) is 30.3 Å². The van der Waals surface area contributed by atoms with E-state index in [-0.39, 0.29) is 17.0 Å². The number of hydrogen-bond acceptors (Lipinski definition) is 3. The first-order valence-corrected chi connectivity index (χ1v) is 3.60. The number of aromatic hydroxyl groups is 1. The number of amides is 1. The molecule has 4 heteroatoms. The fourth-order valence-electron chi connectivity index (χ4n) is 0.884. The number of phenolic OH excluding ortho intramolecular Hbond substituents is 1. The molecule has 1 amide bonds. The molecular weight excluding hydrogens is 168 g/mol. The van der Waals surface area contributed by atoms with Gasteiger partial charge in [-0.25, -0.2) is 0 Å². The summed E-state index contributed by atoms with van der Waals surface area (Å²) in [5.74, 6) is -0.633. The van der Waals surface area contributed by atoms with Crippen LogP contribution in [0.25, 0.3) is 5.57 Å². The molecule has 0 unspecified atom stereocenters. The van der Waals surface area contributed by atoms with E-state index in [4.69, 9.17) is 16.6 Å². The Bertz CT molecular complexity index is 372. The molecule has 0 aliphatic carbocycles. The number of nitrogens with two attached hydrogens (primary N) is 2. The quantitative estimate of drug-likeness (QED) is 0.349. The molecule has 0 bridgehead atoms. The molecular formula is C9H10N2O2. The minimum atomic E-state index is -0.606. The van der Waals surface area contributed by atoms with Crippen LogP contribution in [0.15, 0.2) is 24.8 Å². The highest BCUT2D eigenvalue weighted by atomic mass is 16.3. The van der Waals surface area contributed by atoms with Crippen molar-refractivity contribution < 1.29 is 9.90 Å². The Balaban J connectivity index is 3.11. The van der Waals surface area contributed by atoms with Crippen molar-refractivity contribution in [1.82, 2.24) is 0 Å². The van der Waals surface area contributed by atoms with Crippen LogP contribution in [0.5, 0.6) is 5.75 Å². The van der Waals surface area contributed by atoms with Crippen molar-refractivity contribution in [2.45, 2.75) is 0 Å². The third-order valence-corrected chi connectivity index (χ3v) is 1.67. The molecule has 0 atom stereocenters. The maximum atomic E-state index is 10.7. The van der Waals surface area contributed by atoms with Crippen LogP contribution < -0.4 is 11.5 Å². The zero-order valence-corrected chi connectivity index (χ0v) is 6.95. The lowest BCUT2D eigenvalue weighted by molar-refractivity contribution is -0.112. The number of primary amides is 1. The van der Waals surface area contributed by atoms with Crippen LogP contribution in [0.2, 0.25) is 0 Å². The Morgan fingerprint density at radius 3 is 2.54 bits per heavy atom. The van der Waals surface area contributed by atoms with Gasteiger partial charge in [-0.1, -0.05) is 12.6 Å². The average molecular weight is 178 g/mol. The van der Waals surface area contributed by atoms with Gasteiger partial charge in [0.15, 0.2) is 0 Å². The molecule has 0 heterocycles. The number of carbonyl (C=O) groups excluding carboxylic acids is 1. The normalized spacial score (nSPS) is 9.54. The fraction of sp³-hybridized carbons (Fsp3) is 0. The molecule has 1 aromatic rings. The highest BCUT2D eigenvalue weighted by molar-refractivity contribution is 6.18. The molecule has 68 valence electrons.